The molecule has 2 rings (SSSR count). The van der Waals surface area contributed by atoms with E-state index in [0.29, 0.717) is 0 Å². The Balaban J connectivity index is 2.40. The molecule has 1 aromatic heterocycles. The molecule has 2 aromatic rings. The zero-order valence-corrected chi connectivity index (χ0v) is 10.6. The molecule has 1 aromatic carbocycles. The Labute approximate surface area is 101 Å². The Hall–Kier alpha value is -1.12. The van der Waals surface area contributed by atoms with Crippen molar-refractivity contribution >= 4 is 11.3 Å². The van der Waals surface area contributed by atoms with Gasteiger partial charge in [0.05, 0.1) is 0 Å². The second-order valence-electron chi connectivity index (χ2n) is 4.03. The minimum Gasteiger partial charge on any atom is -0.324 e. The van der Waals surface area contributed by atoms with E-state index in [1.807, 2.05) is 0 Å². The highest BCUT2D eigenvalue weighted by Crippen LogP contribution is 2.29. The van der Waals surface area contributed by atoms with E-state index in [1.165, 1.54) is 21.6 Å². The van der Waals surface area contributed by atoms with E-state index in [2.05, 4.69) is 49.6 Å². The van der Waals surface area contributed by atoms with Crippen LogP contribution in [0.5, 0.6) is 0 Å². The van der Waals surface area contributed by atoms with E-state index < -0.39 is 0 Å². The SMILES string of the molecule is CCC(N)c1cccc(-c2ccsc2C)c1. The van der Waals surface area contributed by atoms with Gasteiger partial charge in [-0.05, 0) is 47.5 Å². The van der Waals surface area contributed by atoms with E-state index in [0.717, 1.165) is 6.42 Å². The van der Waals surface area contributed by atoms with Crippen LogP contribution >= 0.6 is 11.3 Å². The van der Waals surface area contributed by atoms with Crippen LogP contribution in [0, 0.1) is 6.92 Å². The maximum atomic E-state index is 6.06. The quantitative estimate of drug-likeness (QED) is 0.844. The van der Waals surface area contributed by atoms with E-state index >= 15 is 0 Å². The number of nitrogens with two attached hydrogens (primary N) is 1. The van der Waals surface area contributed by atoms with Crippen molar-refractivity contribution in [3.8, 4) is 11.1 Å². The molecule has 0 saturated carbocycles. The molecule has 0 aliphatic rings. The number of hydrogen-bond acceptors (Lipinski definition) is 2. The molecule has 1 nitrogen and oxygen atoms in total. The second-order valence-corrected chi connectivity index (χ2v) is 5.15. The maximum absolute atomic E-state index is 6.06. The van der Waals surface area contributed by atoms with Gasteiger partial charge in [-0.25, -0.2) is 0 Å². The van der Waals surface area contributed by atoms with Gasteiger partial charge in [0, 0.05) is 10.9 Å². The van der Waals surface area contributed by atoms with E-state index in [-0.39, 0.29) is 6.04 Å². The van der Waals surface area contributed by atoms with Crippen LogP contribution in [-0.4, -0.2) is 0 Å². The summed E-state index contributed by atoms with van der Waals surface area (Å²) in [5, 5.41) is 2.14. The summed E-state index contributed by atoms with van der Waals surface area (Å²) in [6.07, 6.45) is 0.978. The first-order chi connectivity index (χ1) is 7.72. The Morgan fingerprint density at radius 1 is 1.31 bits per heavy atom. The summed E-state index contributed by atoms with van der Waals surface area (Å²) in [5.74, 6) is 0. The molecule has 1 heterocycles. The lowest BCUT2D eigenvalue weighted by molar-refractivity contribution is 0.699. The van der Waals surface area contributed by atoms with Crippen LogP contribution in [0.1, 0.15) is 29.8 Å². The van der Waals surface area contributed by atoms with Crippen molar-refractivity contribution in [1.29, 1.82) is 0 Å². The number of hydrogen-bond donors (Lipinski definition) is 1. The van der Waals surface area contributed by atoms with Crippen molar-refractivity contribution in [2.24, 2.45) is 5.73 Å². The molecule has 84 valence electrons. The molecule has 2 heteroatoms. The van der Waals surface area contributed by atoms with Crippen LogP contribution < -0.4 is 5.73 Å². The van der Waals surface area contributed by atoms with Crippen LogP contribution in [0.2, 0.25) is 0 Å². The van der Waals surface area contributed by atoms with Gasteiger partial charge in [0.25, 0.3) is 0 Å². The van der Waals surface area contributed by atoms with Crippen LogP contribution in [0.15, 0.2) is 35.7 Å². The van der Waals surface area contributed by atoms with Crippen molar-refractivity contribution in [1.82, 2.24) is 0 Å². The monoisotopic (exact) mass is 231 g/mol. The van der Waals surface area contributed by atoms with Gasteiger partial charge in [-0.1, -0.05) is 25.1 Å². The minimum absolute atomic E-state index is 0.152. The topological polar surface area (TPSA) is 26.0 Å². The fourth-order valence-corrected chi connectivity index (χ4v) is 2.58. The van der Waals surface area contributed by atoms with Crippen molar-refractivity contribution < 1.29 is 0 Å². The van der Waals surface area contributed by atoms with E-state index in [1.54, 1.807) is 11.3 Å². The van der Waals surface area contributed by atoms with Crippen molar-refractivity contribution in [3.63, 3.8) is 0 Å². The number of rotatable bonds is 3. The zero-order valence-electron chi connectivity index (χ0n) is 9.73. The third-order valence-corrected chi connectivity index (χ3v) is 3.77. The minimum atomic E-state index is 0.152. The third kappa shape index (κ3) is 2.18. The maximum Gasteiger partial charge on any atom is 0.0292 e. The average Bonchev–Trinajstić information content (AvgIpc) is 2.74. The van der Waals surface area contributed by atoms with Crippen LogP contribution in [-0.2, 0) is 0 Å². The first kappa shape index (κ1) is 11.4. The largest absolute Gasteiger partial charge is 0.324 e. The lowest BCUT2D eigenvalue weighted by Crippen LogP contribution is -2.08. The molecule has 0 aliphatic carbocycles. The summed E-state index contributed by atoms with van der Waals surface area (Å²) in [6.45, 7) is 4.28. The Kier molecular flexibility index (Phi) is 3.42. The second kappa shape index (κ2) is 4.81. The summed E-state index contributed by atoms with van der Waals surface area (Å²) in [6, 6.07) is 10.9. The molecule has 0 amide bonds. The zero-order chi connectivity index (χ0) is 11.5. The van der Waals surface area contributed by atoms with E-state index in [4.69, 9.17) is 5.73 Å². The standard InChI is InChI=1S/C14H17NS/c1-3-14(15)12-6-4-5-11(9-12)13-7-8-16-10(13)2/h4-9,14H,3,15H2,1-2H3. The predicted molar refractivity (Wildman–Crippen MR) is 71.7 cm³/mol. The predicted octanol–water partition coefficient (Wildman–Crippen LogP) is 4.13. The van der Waals surface area contributed by atoms with Gasteiger partial charge in [-0.3, -0.25) is 0 Å². The van der Waals surface area contributed by atoms with Crippen molar-refractivity contribution in [2.75, 3.05) is 0 Å². The van der Waals surface area contributed by atoms with Gasteiger partial charge >= 0.3 is 0 Å². The lowest BCUT2D eigenvalue weighted by Gasteiger charge is -2.10. The Morgan fingerprint density at radius 2 is 2.12 bits per heavy atom. The highest BCUT2D eigenvalue weighted by Gasteiger charge is 2.07. The van der Waals surface area contributed by atoms with Crippen molar-refractivity contribution in [3.05, 3.63) is 46.2 Å². The molecule has 1 unspecified atom stereocenters. The molecule has 0 saturated heterocycles. The summed E-state index contributed by atoms with van der Waals surface area (Å²) in [4.78, 5) is 1.36. The molecule has 16 heavy (non-hydrogen) atoms. The first-order valence-electron chi connectivity index (χ1n) is 5.62. The van der Waals surface area contributed by atoms with Crippen LogP contribution in [0.3, 0.4) is 0 Å². The smallest absolute Gasteiger partial charge is 0.0292 e. The molecule has 0 bridgehead atoms. The highest BCUT2D eigenvalue weighted by molar-refractivity contribution is 7.10. The number of benzene rings is 1. The van der Waals surface area contributed by atoms with Gasteiger partial charge < -0.3 is 5.73 Å². The van der Waals surface area contributed by atoms with Gasteiger partial charge in [0.1, 0.15) is 0 Å². The highest BCUT2D eigenvalue weighted by atomic mass is 32.1. The summed E-state index contributed by atoms with van der Waals surface area (Å²) in [5.41, 5.74) is 9.89. The fourth-order valence-electron chi connectivity index (χ4n) is 1.86. The Bertz CT molecular complexity index is 473. The lowest BCUT2D eigenvalue weighted by atomic mass is 9.99. The summed E-state index contributed by atoms with van der Waals surface area (Å²) < 4.78 is 0. The molecule has 0 aliphatic heterocycles. The molecular weight excluding hydrogens is 214 g/mol. The van der Waals surface area contributed by atoms with Gasteiger partial charge in [-0.2, -0.15) is 0 Å². The van der Waals surface area contributed by atoms with Gasteiger partial charge in [0.15, 0.2) is 0 Å². The van der Waals surface area contributed by atoms with E-state index in [9.17, 15) is 0 Å². The van der Waals surface area contributed by atoms with Crippen molar-refractivity contribution in [2.45, 2.75) is 26.3 Å². The molecular formula is C14H17NS. The number of thiophene rings is 1. The normalized spacial score (nSPS) is 12.7. The van der Waals surface area contributed by atoms with Gasteiger partial charge in [0.2, 0.25) is 0 Å². The van der Waals surface area contributed by atoms with Crippen LogP contribution in [0.25, 0.3) is 11.1 Å². The summed E-state index contributed by atoms with van der Waals surface area (Å²) in [7, 11) is 0. The summed E-state index contributed by atoms with van der Waals surface area (Å²) >= 11 is 1.79. The molecule has 0 spiro atoms. The Morgan fingerprint density at radius 3 is 2.75 bits per heavy atom. The average molecular weight is 231 g/mol. The molecule has 0 radical (unpaired) electrons. The molecule has 1 atom stereocenters. The molecule has 2 N–H and O–H groups in total. The van der Waals surface area contributed by atoms with Gasteiger partial charge in [-0.15, -0.1) is 11.3 Å². The van der Waals surface area contributed by atoms with Crippen LogP contribution in [0.4, 0.5) is 0 Å². The fraction of sp³-hybridized carbons (Fsp3) is 0.286. The first-order valence-corrected chi connectivity index (χ1v) is 6.50. The molecule has 0 fully saturated rings. The number of aryl methyl sites for hydroxylation is 1. The third-order valence-electron chi connectivity index (χ3n) is 2.92.